The molecule has 2 N–H and O–H groups in total. The smallest absolute Gasteiger partial charge is 0.309 e. The Balaban J connectivity index is 2.47. The number of carbonyl (C=O) groups is 1. The van der Waals surface area contributed by atoms with Crippen molar-refractivity contribution in [3.8, 4) is 11.1 Å². The Hall–Kier alpha value is -2.31. The maximum atomic E-state index is 13.0. The number of nitrogens with one attached hydrogen (secondary N) is 2. The van der Waals surface area contributed by atoms with Crippen LogP contribution >= 0.6 is 0 Å². The molecule has 7 heteroatoms. The van der Waals surface area contributed by atoms with Gasteiger partial charge < -0.3 is 5.32 Å². The summed E-state index contributed by atoms with van der Waals surface area (Å²) < 4.78 is 39.1. The number of H-pyrrole nitrogens is 1. The molecule has 0 unspecified atom stereocenters. The highest BCUT2D eigenvalue weighted by Crippen LogP contribution is 2.39. The largest absolute Gasteiger partial charge is 0.433 e. The lowest BCUT2D eigenvalue weighted by atomic mass is 10.1. The van der Waals surface area contributed by atoms with Crippen molar-refractivity contribution in [2.45, 2.75) is 25.9 Å². The number of aromatic nitrogens is 2. The molecular formula is C14H14F3N3O. The fourth-order valence-corrected chi connectivity index (χ4v) is 1.95. The van der Waals surface area contributed by atoms with E-state index < -0.39 is 11.9 Å². The number of hydrogen-bond acceptors (Lipinski definition) is 2. The van der Waals surface area contributed by atoms with Crippen molar-refractivity contribution in [2.24, 2.45) is 0 Å². The van der Waals surface area contributed by atoms with Crippen LogP contribution in [-0.4, -0.2) is 16.1 Å². The molecule has 0 saturated carbocycles. The van der Waals surface area contributed by atoms with Gasteiger partial charge in [-0.3, -0.25) is 9.89 Å². The van der Waals surface area contributed by atoms with Crippen LogP contribution in [0.15, 0.2) is 30.3 Å². The second-order valence-electron chi connectivity index (χ2n) is 4.48. The topological polar surface area (TPSA) is 57.8 Å². The van der Waals surface area contributed by atoms with Crippen LogP contribution in [0.2, 0.25) is 0 Å². The summed E-state index contributed by atoms with van der Waals surface area (Å²) >= 11 is 0. The number of aromatic amines is 1. The summed E-state index contributed by atoms with van der Waals surface area (Å²) in [5.41, 5.74) is -0.779. The van der Waals surface area contributed by atoms with Gasteiger partial charge in [0.2, 0.25) is 5.91 Å². The van der Waals surface area contributed by atoms with Crippen LogP contribution in [0.4, 0.5) is 19.0 Å². The summed E-state index contributed by atoms with van der Waals surface area (Å²) in [5, 5.41) is 8.00. The number of benzene rings is 1. The molecule has 1 heterocycles. The van der Waals surface area contributed by atoms with E-state index in [1.54, 1.807) is 18.2 Å². The summed E-state index contributed by atoms with van der Waals surface area (Å²) in [6.45, 7) is 1.81. The summed E-state index contributed by atoms with van der Waals surface area (Å²) in [6.07, 6.45) is -3.75. The predicted molar refractivity (Wildman–Crippen MR) is 72.6 cm³/mol. The number of carbonyl (C=O) groups excluding carboxylic acids is 1. The van der Waals surface area contributed by atoms with Crippen molar-refractivity contribution in [1.82, 2.24) is 10.2 Å². The van der Waals surface area contributed by atoms with Gasteiger partial charge in [-0.25, -0.2) is 0 Å². The molecule has 2 aromatic rings. The Bertz CT molecular complexity index is 620. The quantitative estimate of drug-likeness (QED) is 0.901. The van der Waals surface area contributed by atoms with E-state index in [1.807, 2.05) is 12.0 Å². The van der Waals surface area contributed by atoms with Gasteiger partial charge in [0.25, 0.3) is 0 Å². The van der Waals surface area contributed by atoms with Crippen LogP contribution in [0, 0.1) is 0 Å². The molecule has 1 aromatic heterocycles. The van der Waals surface area contributed by atoms with Crippen LogP contribution < -0.4 is 5.32 Å². The standard InChI is InChI=1S/C14H14F3N3O/c1-2-6-10(21)18-13-11(9-7-4-3-5-8-9)12(19-20-13)14(15,16)17/h3-5,7-8H,2,6H2,1H3,(H2,18,19,20,21). The van der Waals surface area contributed by atoms with Crippen LogP contribution in [0.3, 0.4) is 0 Å². The minimum atomic E-state index is -4.58. The van der Waals surface area contributed by atoms with Gasteiger partial charge in [0, 0.05) is 6.42 Å². The van der Waals surface area contributed by atoms with Crippen LogP contribution in [0.1, 0.15) is 25.5 Å². The molecule has 1 amide bonds. The van der Waals surface area contributed by atoms with Crippen molar-refractivity contribution < 1.29 is 18.0 Å². The van der Waals surface area contributed by atoms with Crippen molar-refractivity contribution in [2.75, 3.05) is 5.32 Å². The zero-order valence-electron chi connectivity index (χ0n) is 11.3. The highest BCUT2D eigenvalue weighted by atomic mass is 19.4. The first-order chi connectivity index (χ1) is 9.93. The summed E-state index contributed by atoms with van der Waals surface area (Å²) in [6, 6.07) is 8.03. The average molecular weight is 297 g/mol. The molecule has 0 atom stereocenters. The predicted octanol–water partition coefficient (Wildman–Crippen LogP) is 3.83. The first kappa shape index (κ1) is 15.1. The molecular weight excluding hydrogens is 283 g/mol. The zero-order chi connectivity index (χ0) is 15.5. The Kier molecular flexibility index (Phi) is 4.30. The minimum absolute atomic E-state index is 0.105. The number of halogens is 3. The number of anilines is 1. The van der Waals surface area contributed by atoms with Gasteiger partial charge >= 0.3 is 6.18 Å². The molecule has 21 heavy (non-hydrogen) atoms. The van der Waals surface area contributed by atoms with Crippen molar-refractivity contribution in [3.05, 3.63) is 36.0 Å². The van der Waals surface area contributed by atoms with Gasteiger partial charge in [-0.15, -0.1) is 0 Å². The Morgan fingerprint density at radius 2 is 1.95 bits per heavy atom. The molecule has 1 aromatic carbocycles. The second-order valence-corrected chi connectivity index (χ2v) is 4.48. The molecule has 0 aliphatic carbocycles. The van der Waals surface area contributed by atoms with E-state index >= 15 is 0 Å². The third-order valence-electron chi connectivity index (χ3n) is 2.85. The van der Waals surface area contributed by atoms with E-state index in [2.05, 4.69) is 10.4 Å². The molecule has 0 aliphatic rings. The summed E-state index contributed by atoms with van der Waals surface area (Å²) in [4.78, 5) is 11.6. The third-order valence-corrected chi connectivity index (χ3v) is 2.85. The highest BCUT2D eigenvalue weighted by Gasteiger charge is 2.38. The SMILES string of the molecule is CCCC(=O)Nc1n[nH]c(C(F)(F)F)c1-c1ccccc1. The monoisotopic (exact) mass is 297 g/mol. The Morgan fingerprint density at radius 1 is 1.29 bits per heavy atom. The molecule has 0 aliphatic heterocycles. The van der Waals surface area contributed by atoms with Gasteiger partial charge in [0.1, 0.15) is 5.69 Å². The molecule has 0 radical (unpaired) electrons. The van der Waals surface area contributed by atoms with E-state index in [9.17, 15) is 18.0 Å². The lowest BCUT2D eigenvalue weighted by molar-refractivity contribution is -0.140. The molecule has 0 fully saturated rings. The molecule has 112 valence electrons. The third kappa shape index (κ3) is 3.42. The van der Waals surface area contributed by atoms with Crippen LogP contribution in [0.25, 0.3) is 11.1 Å². The normalized spacial score (nSPS) is 11.4. The number of hydrogen-bond donors (Lipinski definition) is 2. The highest BCUT2D eigenvalue weighted by molar-refractivity contribution is 5.94. The lowest BCUT2D eigenvalue weighted by Gasteiger charge is -2.09. The zero-order valence-corrected chi connectivity index (χ0v) is 11.3. The summed E-state index contributed by atoms with van der Waals surface area (Å²) in [7, 11) is 0. The van der Waals surface area contributed by atoms with Gasteiger partial charge in [-0.2, -0.15) is 18.3 Å². The number of nitrogens with zero attached hydrogens (tertiary/aromatic N) is 1. The maximum absolute atomic E-state index is 13.0. The van der Waals surface area contributed by atoms with Gasteiger partial charge in [0.05, 0.1) is 5.56 Å². The minimum Gasteiger partial charge on any atom is -0.309 e. The average Bonchev–Trinajstić information content (AvgIpc) is 2.83. The summed E-state index contributed by atoms with van der Waals surface area (Å²) in [5.74, 6) is -0.470. The molecule has 4 nitrogen and oxygen atoms in total. The fraction of sp³-hybridized carbons (Fsp3) is 0.286. The Labute approximate surface area is 119 Å². The first-order valence-corrected chi connectivity index (χ1v) is 6.44. The van der Waals surface area contributed by atoms with Gasteiger partial charge in [-0.05, 0) is 12.0 Å². The first-order valence-electron chi connectivity index (χ1n) is 6.44. The van der Waals surface area contributed by atoms with Crippen molar-refractivity contribution >= 4 is 11.7 Å². The molecule has 0 spiro atoms. The van der Waals surface area contributed by atoms with Crippen LogP contribution in [0.5, 0.6) is 0 Å². The fourth-order valence-electron chi connectivity index (χ4n) is 1.95. The molecule has 2 rings (SSSR count). The van der Waals surface area contributed by atoms with Crippen molar-refractivity contribution in [3.63, 3.8) is 0 Å². The van der Waals surface area contributed by atoms with E-state index in [1.165, 1.54) is 12.1 Å². The number of rotatable bonds is 4. The number of amides is 1. The van der Waals surface area contributed by atoms with E-state index in [0.29, 0.717) is 12.0 Å². The van der Waals surface area contributed by atoms with Gasteiger partial charge in [-0.1, -0.05) is 37.3 Å². The van der Waals surface area contributed by atoms with E-state index in [4.69, 9.17) is 0 Å². The molecule has 0 bridgehead atoms. The Morgan fingerprint density at radius 3 is 2.52 bits per heavy atom. The number of alkyl halides is 3. The second kappa shape index (κ2) is 5.99. The van der Waals surface area contributed by atoms with E-state index in [-0.39, 0.29) is 23.7 Å². The lowest BCUT2D eigenvalue weighted by Crippen LogP contribution is -2.12. The molecule has 0 saturated heterocycles. The van der Waals surface area contributed by atoms with Gasteiger partial charge in [0.15, 0.2) is 5.82 Å². The van der Waals surface area contributed by atoms with Crippen LogP contribution in [-0.2, 0) is 11.0 Å². The maximum Gasteiger partial charge on any atom is 0.433 e. The van der Waals surface area contributed by atoms with Crippen molar-refractivity contribution in [1.29, 1.82) is 0 Å². The van der Waals surface area contributed by atoms with E-state index in [0.717, 1.165) is 0 Å².